The van der Waals surface area contributed by atoms with Gasteiger partial charge in [-0.1, -0.05) is 41.9 Å². The van der Waals surface area contributed by atoms with Crippen molar-refractivity contribution in [1.82, 2.24) is 9.38 Å². The molecule has 0 saturated carbocycles. The van der Waals surface area contributed by atoms with Gasteiger partial charge in [0.2, 0.25) is 0 Å². The second kappa shape index (κ2) is 7.19. The Bertz CT molecular complexity index is 1040. The molecule has 0 aliphatic rings. The number of ether oxygens (including phenoxy) is 1. The van der Waals surface area contributed by atoms with Crippen LogP contribution < -0.4 is 10.1 Å². The lowest BCUT2D eigenvalue weighted by Gasteiger charge is -2.11. The highest BCUT2D eigenvalue weighted by atomic mass is 35.5. The van der Waals surface area contributed by atoms with E-state index < -0.39 is 0 Å². The molecule has 26 heavy (non-hydrogen) atoms. The Morgan fingerprint density at radius 1 is 1.19 bits per heavy atom. The summed E-state index contributed by atoms with van der Waals surface area (Å²) in [7, 11) is 0. The van der Waals surface area contributed by atoms with Crippen molar-refractivity contribution in [3.8, 4) is 17.0 Å². The van der Waals surface area contributed by atoms with Gasteiger partial charge in [-0.3, -0.25) is 9.20 Å². The Morgan fingerprint density at radius 2 is 2.00 bits per heavy atom. The fourth-order valence-corrected chi connectivity index (χ4v) is 3.45. The summed E-state index contributed by atoms with van der Waals surface area (Å²) in [6.45, 7) is -0.129. The number of carbonyl (C=O) groups is 1. The van der Waals surface area contributed by atoms with Gasteiger partial charge in [0.05, 0.1) is 16.4 Å². The van der Waals surface area contributed by atoms with E-state index in [1.54, 1.807) is 35.6 Å². The first kappa shape index (κ1) is 16.6. The molecule has 0 spiro atoms. The van der Waals surface area contributed by atoms with Gasteiger partial charge in [0, 0.05) is 23.3 Å². The van der Waals surface area contributed by atoms with E-state index in [2.05, 4.69) is 10.3 Å². The van der Waals surface area contributed by atoms with E-state index in [0.29, 0.717) is 16.5 Å². The quantitative estimate of drug-likeness (QED) is 0.541. The van der Waals surface area contributed by atoms with Gasteiger partial charge in [0.1, 0.15) is 5.75 Å². The average Bonchev–Trinajstić information content (AvgIpc) is 3.23. The fraction of sp³-hybridized carbons (Fsp3) is 0.0526. The Hall–Kier alpha value is -2.83. The zero-order valence-electron chi connectivity index (χ0n) is 13.6. The van der Waals surface area contributed by atoms with E-state index in [0.717, 1.165) is 16.2 Å². The van der Waals surface area contributed by atoms with Gasteiger partial charge in [-0.15, -0.1) is 11.3 Å². The summed E-state index contributed by atoms with van der Waals surface area (Å²) in [6, 6.07) is 14.6. The predicted molar refractivity (Wildman–Crippen MR) is 104 cm³/mol. The predicted octanol–water partition coefficient (Wildman–Crippen LogP) is 4.73. The van der Waals surface area contributed by atoms with Gasteiger partial charge >= 0.3 is 0 Å². The van der Waals surface area contributed by atoms with Gasteiger partial charge in [-0.05, 0) is 18.2 Å². The molecule has 0 aliphatic carbocycles. The van der Waals surface area contributed by atoms with Gasteiger partial charge in [-0.25, -0.2) is 4.98 Å². The molecule has 0 atom stereocenters. The standard InChI is InChI=1S/C19H14ClN3O2S/c20-14-6-2-4-8-17(14)25-12-18(24)21-15-7-3-1-5-13(15)16-11-23-9-10-26-19(23)22-16/h1-11H,12H2,(H,21,24). The van der Waals surface area contributed by atoms with E-state index >= 15 is 0 Å². The fourth-order valence-electron chi connectivity index (χ4n) is 2.56. The second-order valence-electron chi connectivity index (χ2n) is 5.53. The number of nitrogens with zero attached hydrogens (tertiary/aromatic N) is 2. The van der Waals surface area contributed by atoms with E-state index in [1.165, 1.54) is 0 Å². The lowest BCUT2D eigenvalue weighted by atomic mass is 10.1. The van der Waals surface area contributed by atoms with E-state index in [-0.39, 0.29) is 12.5 Å². The van der Waals surface area contributed by atoms with Crippen molar-refractivity contribution in [3.63, 3.8) is 0 Å². The van der Waals surface area contributed by atoms with Crippen molar-refractivity contribution < 1.29 is 9.53 Å². The normalized spacial score (nSPS) is 10.8. The summed E-state index contributed by atoms with van der Waals surface area (Å²) < 4.78 is 7.45. The maximum absolute atomic E-state index is 12.3. The van der Waals surface area contributed by atoms with Gasteiger partial charge in [0.15, 0.2) is 11.6 Å². The highest BCUT2D eigenvalue weighted by Crippen LogP contribution is 2.28. The second-order valence-corrected chi connectivity index (χ2v) is 6.81. The molecule has 0 saturated heterocycles. The molecular formula is C19H14ClN3O2S. The number of imidazole rings is 1. The summed E-state index contributed by atoms with van der Waals surface area (Å²) in [5.74, 6) is 0.213. The van der Waals surface area contributed by atoms with Crippen molar-refractivity contribution in [2.45, 2.75) is 0 Å². The Labute approximate surface area is 158 Å². The minimum Gasteiger partial charge on any atom is -0.482 e. The van der Waals surface area contributed by atoms with Gasteiger partial charge < -0.3 is 10.1 Å². The van der Waals surface area contributed by atoms with Crippen molar-refractivity contribution in [2.75, 3.05) is 11.9 Å². The first-order valence-electron chi connectivity index (χ1n) is 7.89. The van der Waals surface area contributed by atoms with Crippen LogP contribution in [0.5, 0.6) is 5.75 Å². The van der Waals surface area contributed by atoms with Crippen LogP contribution in [-0.2, 0) is 4.79 Å². The molecule has 130 valence electrons. The van der Waals surface area contributed by atoms with Crippen molar-refractivity contribution in [1.29, 1.82) is 0 Å². The number of para-hydroxylation sites is 2. The van der Waals surface area contributed by atoms with Crippen molar-refractivity contribution >= 4 is 39.5 Å². The Kier molecular flexibility index (Phi) is 4.60. The minimum absolute atomic E-state index is 0.129. The van der Waals surface area contributed by atoms with Crippen molar-refractivity contribution in [2.24, 2.45) is 0 Å². The topological polar surface area (TPSA) is 55.6 Å². The molecule has 1 amide bonds. The van der Waals surface area contributed by atoms with Crippen LogP contribution in [0.2, 0.25) is 5.02 Å². The summed E-state index contributed by atoms with van der Waals surface area (Å²) in [6.07, 6.45) is 3.90. The minimum atomic E-state index is -0.265. The third-order valence-electron chi connectivity index (χ3n) is 3.77. The number of carbonyl (C=O) groups excluding carboxylic acids is 1. The molecule has 0 unspecified atom stereocenters. The lowest BCUT2D eigenvalue weighted by molar-refractivity contribution is -0.118. The van der Waals surface area contributed by atoms with Crippen LogP contribution in [0.1, 0.15) is 0 Å². The Morgan fingerprint density at radius 3 is 2.85 bits per heavy atom. The maximum Gasteiger partial charge on any atom is 0.262 e. The third kappa shape index (κ3) is 3.42. The molecule has 0 fully saturated rings. The zero-order chi connectivity index (χ0) is 17.9. The number of benzene rings is 2. The number of amides is 1. The van der Waals surface area contributed by atoms with E-state index in [9.17, 15) is 4.79 Å². The van der Waals surface area contributed by atoms with Crippen LogP contribution in [0.25, 0.3) is 16.2 Å². The molecule has 7 heteroatoms. The molecule has 1 N–H and O–H groups in total. The number of halogens is 1. The highest BCUT2D eigenvalue weighted by Gasteiger charge is 2.12. The van der Waals surface area contributed by atoms with E-state index in [4.69, 9.17) is 16.3 Å². The van der Waals surface area contributed by atoms with Gasteiger partial charge in [-0.2, -0.15) is 0 Å². The average molecular weight is 384 g/mol. The number of hydrogen-bond acceptors (Lipinski definition) is 4. The highest BCUT2D eigenvalue weighted by molar-refractivity contribution is 7.15. The SMILES string of the molecule is O=C(COc1ccccc1Cl)Nc1ccccc1-c1cn2ccsc2n1. The molecule has 4 rings (SSSR count). The molecule has 0 radical (unpaired) electrons. The smallest absolute Gasteiger partial charge is 0.262 e. The Balaban J connectivity index is 1.50. The molecule has 0 bridgehead atoms. The van der Waals surface area contributed by atoms with Gasteiger partial charge in [0.25, 0.3) is 5.91 Å². The number of aromatic nitrogens is 2. The number of hydrogen-bond donors (Lipinski definition) is 1. The molecule has 2 aromatic carbocycles. The largest absolute Gasteiger partial charge is 0.482 e. The van der Waals surface area contributed by atoms with Crippen molar-refractivity contribution in [3.05, 3.63) is 71.3 Å². The van der Waals surface area contributed by atoms with Crippen LogP contribution in [0, 0.1) is 0 Å². The number of thiazole rings is 1. The molecule has 4 aromatic rings. The summed E-state index contributed by atoms with van der Waals surface area (Å²) in [4.78, 5) is 17.8. The van der Waals surface area contributed by atoms with Crippen LogP contribution >= 0.6 is 22.9 Å². The van der Waals surface area contributed by atoms with E-state index in [1.807, 2.05) is 46.4 Å². The lowest BCUT2D eigenvalue weighted by Crippen LogP contribution is -2.20. The monoisotopic (exact) mass is 383 g/mol. The van der Waals surface area contributed by atoms with Crippen LogP contribution in [0.3, 0.4) is 0 Å². The third-order valence-corrected chi connectivity index (χ3v) is 4.85. The molecule has 2 heterocycles. The number of fused-ring (bicyclic) bond motifs is 1. The van der Waals surface area contributed by atoms with Crippen LogP contribution in [0.4, 0.5) is 5.69 Å². The number of nitrogens with one attached hydrogen (secondary N) is 1. The number of anilines is 1. The van der Waals surface area contributed by atoms with Crippen LogP contribution in [-0.4, -0.2) is 21.9 Å². The molecular weight excluding hydrogens is 370 g/mol. The zero-order valence-corrected chi connectivity index (χ0v) is 15.1. The number of rotatable bonds is 5. The summed E-state index contributed by atoms with van der Waals surface area (Å²) in [5, 5.41) is 5.33. The van der Waals surface area contributed by atoms with Crippen LogP contribution in [0.15, 0.2) is 66.3 Å². The molecule has 0 aliphatic heterocycles. The first-order valence-corrected chi connectivity index (χ1v) is 9.15. The maximum atomic E-state index is 12.3. The molecule has 2 aromatic heterocycles. The first-order chi connectivity index (χ1) is 12.7. The molecule has 5 nitrogen and oxygen atoms in total. The summed E-state index contributed by atoms with van der Waals surface area (Å²) in [5.41, 5.74) is 2.35. The summed E-state index contributed by atoms with van der Waals surface area (Å²) >= 11 is 7.60.